The van der Waals surface area contributed by atoms with Gasteiger partial charge in [-0.2, -0.15) is 0 Å². The van der Waals surface area contributed by atoms with E-state index >= 15 is 4.39 Å². The van der Waals surface area contributed by atoms with Crippen LogP contribution in [-0.2, 0) is 44.6 Å². The largest absolute Gasteiger partial charge is 0.455 e. The molecule has 4 heterocycles. The number of nitrogens with two attached hydrogens (primary N) is 1. The van der Waals surface area contributed by atoms with Crippen molar-refractivity contribution in [2.45, 2.75) is 142 Å². The summed E-state index contributed by atoms with van der Waals surface area (Å²) in [6.45, 7) is 14.1. The number of carbonyl (C=O) groups is 4. The third-order valence-corrected chi connectivity index (χ3v) is 12.8. The molecule has 60 heavy (non-hydrogen) atoms. The van der Waals surface area contributed by atoms with Gasteiger partial charge in [0.15, 0.2) is 22.8 Å². The topological polar surface area (TPSA) is 211 Å². The first-order valence-corrected chi connectivity index (χ1v) is 21.1. The van der Waals surface area contributed by atoms with E-state index in [2.05, 4.69) is 27.1 Å². The normalized spacial score (nSPS) is 32.1. The van der Waals surface area contributed by atoms with Crippen LogP contribution in [0, 0.1) is 29.6 Å². The highest BCUT2D eigenvalue weighted by atomic mass is 32.1. The van der Waals surface area contributed by atoms with Crippen molar-refractivity contribution in [1.29, 1.82) is 0 Å². The standard InChI is InChI=1S/C41H62FN7O10S/c1-13-27(47(10)11)31(51)35(56-15-3)58-34-25(6)33(52)40(8,42)36(53)57-29(14-2)41(9)32(24(5)30(50)23(4)20-39(34,7)55-12)49(38(54)59-41)19-17-16-18-48-22-26(45-46-48)28-21-44-37(43)60-28/h21-25,27,29,31-32,34-35,51H,13-15,18-20H2,1-12H3,(H2,43,44)/t23-,24+,25+,27?,29-,31?,32-,34-,35+,39-,40+,41-/m1/s1. The van der Waals surface area contributed by atoms with E-state index in [4.69, 9.17) is 29.4 Å². The number of likely N-dealkylation sites (N-methyl/N-ethyl adjacent to an activating group) is 1. The number of Topliss-reactive ketones (excluding diaryl/α,β-unsaturated/α-hetero) is 2. The number of esters is 1. The number of cyclic esters (lactones) is 1. The van der Waals surface area contributed by atoms with Crippen molar-refractivity contribution in [3.8, 4) is 22.4 Å². The molecule has 334 valence electrons. The quantitative estimate of drug-likeness (QED) is 0.127. The zero-order valence-electron chi connectivity index (χ0n) is 36.8. The third-order valence-electron chi connectivity index (χ3n) is 11.9. The number of fused-ring (bicyclic) bond motifs is 1. The van der Waals surface area contributed by atoms with Gasteiger partial charge in [-0.1, -0.05) is 63.0 Å². The summed E-state index contributed by atoms with van der Waals surface area (Å²) in [5.41, 5.74) is -0.0831. The summed E-state index contributed by atoms with van der Waals surface area (Å²) in [7, 11) is 4.97. The van der Waals surface area contributed by atoms with Crippen molar-refractivity contribution in [1.82, 2.24) is 29.8 Å². The number of thiazole rings is 1. The highest BCUT2D eigenvalue weighted by Crippen LogP contribution is 2.43. The summed E-state index contributed by atoms with van der Waals surface area (Å²) >= 11 is 1.26. The first-order valence-electron chi connectivity index (χ1n) is 20.3. The number of nitrogens with zero attached hydrogens (tertiary/aromatic N) is 6. The number of methoxy groups -OCH3 is 1. The molecule has 0 bridgehead atoms. The number of aliphatic hydroxyl groups is 1. The average Bonchev–Trinajstić information content (AvgIpc) is 3.92. The number of ketones is 2. The molecule has 0 radical (unpaired) electrons. The van der Waals surface area contributed by atoms with Gasteiger partial charge in [0.25, 0.3) is 5.67 Å². The molecule has 0 spiro atoms. The van der Waals surface area contributed by atoms with Crippen LogP contribution in [-0.4, -0.2) is 146 Å². The van der Waals surface area contributed by atoms with Gasteiger partial charge in [0.05, 0.1) is 35.4 Å². The molecular weight excluding hydrogens is 802 g/mol. The first kappa shape index (κ1) is 48.6. The maximum Gasteiger partial charge on any atom is 0.411 e. The van der Waals surface area contributed by atoms with E-state index in [1.54, 1.807) is 61.1 Å². The Bertz CT molecular complexity index is 1900. The van der Waals surface area contributed by atoms with Crippen LogP contribution in [0.2, 0.25) is 0 Å². The summed E-state index contributed by atoms with van der Waals surface area (Å²) in [6, 6.07) is -1.49. The Morgan fingerprint density at radius 2 is 1.77 bits per heavy atom. The van der Waals surface area contributed by atoms with Gasteiger partial charge in [0, 0.05) is 43.7 Å². The molecule has 2 aliphatic rings. The van der Waals surface area contributed by atoms with E-state index in [9.17, 15) is 24.3 Å². The Labute approximate surface area is 355 Å². The van der Waals surface area contributed by atoms with Crippen molar-refractivity contribution in [2.24, 2.45) is 17.8 Å². The highest BCUT2D eigenvalue weighted by molar-refractivity contribution is 7.18. The molecule has 2 unspecified atom stereocenters. The lowest BCUT2D eigenvalue weighted by atomic mass is 9.73. The number of rotatable bonds is 13. The van der Waals surface area contributed by atoms with E-state index in [0.717, 1.165) is 11.8 Å². The molecule has 0 aromatic carbocycles. The number of carbonyl (C=O) groups excluding carboxylic acids is 4. The zero-order chi connectivity index (χ0) is 44.9. The molecule has 4 rings (SSSR count). The Morgan fingerprint density at radius 3 is 2.33 bits per heavy atom. The molecule has 19 heteroatoms. The van der Waals surface area contributed by atoms with E-state index in [-0.39, 0.29) is 38.3 Å². The molecule has 2 aromatic heterocycles. The molecule has 2 saturated heterocycles. The Balaban J connectivity index is 1.75. The number of anilines is 1. The second-order valence-corrected chi connectivity index (χ2v) is 17.5. The molecule has 0 saturated carbocycles. The van der Waals surface area contributed by atoms with Crippen LogP contribution in [0.3, 0.4) is 0 Å². The number of halogens is 1. The lowest BCUT2D eigenvalue weighted by Gasteiger charge is -2.45. The summed E-state index contributed by atoms with van der Waals surface area (Å²) in [5.74, 6) is -0.174. The lowest BCUT2D eigenvalue weighted by molar-refractivity contribution is -0.266. The van der Waals surface area contributed by atoms with Crippen LogP contribution >= 0.6 is 11.3 Å². The first-order chi connectivity index (χ1) is 28.1. The van der Waals surface area contributed by atoms with E-state index in [0.29, 0.717) is 17.2 Å². The number of aromatic nitrogens is 4. The fraction of sp³-hybridized carbons (Fsp3) is 0.732. The van der Waals surface area contributed by atoms with Crippen LogP contribution in [0.25, 0.3) is 10.6 Å². The van der Waals surface area contributed by atoms with E-state index < -0.39 is 89.2 Å². The maximum absolute atomic E-state index is 16.9. The van der Waals surface area contributed by atoms with Gasteiger partial charge in [0.2, 0.25) is 0 Å². The van der Waals surface area contributed by atoms with Gasteiger partial charge < -0.3 is 39.4 Å². The molecule has 2 fully saturated rings. The maximum atomic E-state index is 16.9. The number of aliphatic hydroxyl groups excluding tert-OH is 1. The number of hydrogen-bond acceptors (Lipinski definition) is 16. The summed E-state index contributed by atoms with van der Waals surface area (Å²) in [5, 5.41) is 20.2. The van der Waals surface area contributed by atoms with Gasteiger partial charge in [0.1, 0.15) is 30.2 Å². The van der Waals surface area contributed by atoms with Crippen molar-refractivity contribution in [2.75, 3.05) is 40.1 Å². The van der Waals surface area contributed by atoms with Crippen LogP contribution in [0.15, 0.2) is 12.4 Å². The highest BCUT2D eigenvalue weighted by Gasteiger charge is 2.61. The van der Waals surface area contributed by atoms with Gasteiger partial charge >= 0.3 is 12.1 Å². The average molecular weight is 864 g/mol. The molecule has 12 atom stereocenters. The number of hydrogen-bond donors (Lipinski definition) is 2. The van der Waals surface area contributed by atoms with Crippen LogP contribution in [0.5, 0.6) is 0 Å². The lowest BCUT2D eigenvalue weighted by Crippen LogP contribution is -2.61. The summed E-state index contributed by atoms with van der Waals surface area (Å²) in [4.78, 5) is 64.5. The minimum Gasteiger partial charge on any atom is -0.455 e. The number of nitrogen functional groups attached to an aromatic ring is 1. The fourth-order valence-electron chi connectivity index (χ4n) is 8.64. The molecule has 2 aliphatic heterocycles. The second kappa shape index (κ2) is 19.8. The van der Waals surface area contributed by atoms with Gasteiger partial charge in [-0.15, -0.1) is 5.10 Å². The predicted octanol–water partition coefficient (Wildman–Crippen LogP) is 3.92. The van der Waals surface area contributed by atoms with Gasteiger partial charge in [-0.25, -0.2) is 23.6 Å². The number of alkyl halides is 1. The molecule has 0 aliphatic carbocycles. The second-order valence-electron chi connectivity index (χ2n) is 16.4. The smallest absolute Gasteiger partial charge is 0.411 e. The molecular formula is C41H62FN7O10S. The molecule has 1 amide bonds. The van der Waals surface area contributed by atoms with Gasteiger partial charge in [-0.3, -0.25) is 14.5 Å². The summed E-state index contributed by atoms with van der Waals surface area (Å²) < 4.78 is 48.7. The van der Waals surface area contributed by atoms with Crippen molar-refractivity contribution in [3.05, 3.63) is 12.4 Å². The van der Waals surface area contributed by atoms with Crippen LogP contribution < -0.4 is 5.73 Å². The van der Waals surface area contributed by atoms with Crippen molar-refractivity contribution < 1.29 is 52.4 Å². The molecule has 3 N–H and O–H groups in total. The fourth-order valence-corrected chi connectivity index (χ4v) is 9.27. The Kier molecular flexibility index (Phi) is 16.0. The predicted molar refractivity (Wildman–Crippen MR) is 220 cm³/mol. The minimum atomic E-state index is -3.22. The Morgan fingerprint density at radius 1 is 1.10 bits per heavy atom. The van der Waals surface area contributed by atoms with Crippen molar-refractivity contribution >= 4 is 40.1 Å². The monoisotopic (exact) mass is 863 g/mol. The van der Waals surface area contributed by atoms with E-state index in [1.807, 2.05) is 11.8 Å². The minimum absolute atomic E-state index is 0.0355. The molecule has 17 nitrogen and oxygen atoms in total. The van der Waals surface area contributed by atoms with E-state index in [1.165, 1.54) is 41.9 Å². The van der Waals surface area contributed by atoms with Crippen molar-refractivity contribution in [3.63, 3.8) is 0 Å². The summed E-state index contributed by atoms with van der Waals surface area (Å²) in [6.07, 6.45) is -2.22. The van der Waals surface area contributed by atoms with Gasteiger partial charge in [-0.05, 0) is 61.1 Å². The third kappa shape index (κ3) is 10.0. The number of amides is 1. The Hall–Kier alpha value is -4.06. The number of ether oxygens (including phenoxy) is 5. The van der Waals surface area contributed by atoms with Crippen LogP contribution in [0.4, 0.5) is 14.3 Å². The van der Waals surface area contributed by atoms with Crippen LogP contribution in [0.1, 0.15) is 81.6 Å². The zero-order valence-corrected chi connectivity index (χ0v) is 37.6. The SMILES string of the molecule is CCO[C@@H](O[C@@H]1[C@@H](C)C(=O)[C@](C)(F)C(=O)O[C@H](CC)[C@@]2(C)OC(=O)N(CC#CCn3cc(-c4cnc(N)s4)nn3)[C@@H]2[C@@H](C)C(=O)[C@H](C)C[C@@]1(C)OC)C(O)C(CC)N(C)C. The molecule has 2 aromatic rings.